The van der Waals surface area contributed by atoms with Gasteiger partial charge in [-0.1, -0.05) is 0 Å². The van der Waals surface area contributed by atoms with Crippen molar-refractivity contribution >= 4 is 0 Å². The van der Waals surface area contributed by atoms with Gasteiger partial charge in [0.2, 0.25) is 0 Å². The lowest BCUT2D eigenvalue weighted by molar-refractivity contribution is -0.0706. The van der Waals surface area contributed by atoms with Gasteiger partial charge in [0.05, 0.1) is 19.3 Å². The van der Waals surface area contributed by atoms with Gasteiger partial charge in [0.1, 0.15) is 11.5 Å². The van der Waals surface area contributed by atoms with E-state index >= 15 is 0 Å². The molecule has 1 aromatic rings. The van der Waals surface area contributed by atoms with E-state index in [1.165, 1.54) is 0 Å². The molecule has 0 aromatic heterocycles. The Morgan fingerprint density at radius 2 is 2.00 bits per heavy atom. The summed E-state index contributed by atoms with van der Waals surface area (Å²) in [5.74, 6) is 1.10. The van der Waals surface area contributed by atoms with Gasteiger partial charge in [-0.25, -0.2) is 0 Å². The molecule has 1 aliphatic heterocycles. The third-order valence-electron chi connectivity index (χ3n) is 3.18. The van der Waals surface area contributed by atoms with E-state index in [1.807, 2.05) is 6.07 Å². The number of ether oxygens (including phenoxy) is 2. The van der Waals surface area contributed by atoms with E-state index in [4.69, 9.17) is 9.47 Å². The van der Waals surface area contributed by atoms with Crippen LogP contribution in [0.4, 0.5) is 0 Å². The molecule has 0 radical (unpaired) electrons. The Kier molecular flexibility index (Phi) is 4.09. The van der Waals surface area contributed by atoms with Crippen LogP contribution in [0.25, 0.3) is 0 Å². The second-order valence-electron chi connectivity index (χ2n) is 4.95. The van der Waals surface area contributed by atoms with E-state index in [0.29, 0.717) is 5.75 Å². The Morgan fingerprint density at radius 3 is 2.61 bits per heavy atom. The molecule has 18 heavy (non-hydrogen) atoms. The zero-order valence-electron chi connectivity index (χ0n) is 11.2. The first-order valence-electron chi connectivity index (χ1n) is 6.32. The van der Waals surface area contributed by atoms with Crippen molar-refractivity contribution in [2.75, 3.05) is 20.2 Å². The topological polar surface area (TPSA) is 41.9 Å². The molecule has 2 unspecified atom stereocenters. The summed E-state index contributed by atoms with van der Waals surface area (Å²) in [5.41, 5.74) is 0.899. The molecule has 2 rings (SSSR count). The zero-order chi connectivity index (χ0) is 13.1. The second-order valence-corrected chi connectivity index (χ2v) is 4.95. The maximum Gasteiger partial charge on any atom is 0.120 e. The van der Waals surface area contributed by atoms with Crippen molar-refractivity contribution in [2.45, 2.75) is 32.6 Å². The summed E-state index contributed by atoms with van der Waals surface area (Å²) in [5, 5.41) is 9.88. The third kappa shape index (κ3) is 3.15. The molecule has 0 amide bonds. The van der Waals surface area contributed by atoms with Crippen LogP contribution in [0.5, 0.6) is 11.5 Å². The smallest absolute Gasteiger partial charge is 0.120 e. The van der Waals surface area contributed by atoms with Gasteiger partial charge in [-0.05, 0) is 32.0 Å². The fourth-order valence-electron chi connectivity index (χ4n) is 2.47. The van der Waals surface area contributed by atoms with Crippen LogP contribution in [0.1, 0.15) is 19.4 Å². The summed E-state index contributed by atoms with van der Waals surface area (Å²) in [6.07, 6.45) is 0.475. The first-order chi connectivity index (χ1) is 8.58. The molecule has 0 bridgehead atoms. The highest BCUT2D eigenvalue weighted by Gasteiger charge is 2.22. The summed E-state index contributed by atoms with van der Waals surface area (Å²) < 4.78 is 10.9. The Morgan fingerprint density at radius 1 is 1.33 bits per heavy atom. The van der Waals surface area contributed by atoms with E-state index < -0.39 is 0 Å². The van der Waals surface area contributed by atoms with Gasteiger partial charge < -0.3 is 14.6 Å². The van der Waals surface area contributed by atoms with Crippen molar-refractivity contribution in [3.05, 3.63) is 23.8 Å². The van der Waals surface area contributed by atoms with Crippen LogP contribution in [0.15, 0.2) is 18.2 Å². The Hall–Kier alpha value is -1.26. The van der Waals surface area contributed by atoms with Crippen molar-refractivity contribution in [2.24, 2.45) is 0 Å². The summed E-state index contributed by atoms with van der Waals surface area (Å²) in [7, 11) is 1.63. The minimum Gasteiger partial charge on any atom is -0.508 e. The van der Waals surface area contributed by atoms with E-state index in [1.54, 1.807) is 19.2 Å². The highest BCUT2D eigenvalue weighted by Crippen LogP contribution is 2.25. The Labute approximate surface area is 108 Å². The number of aromatic hydroxyl groups is 1. The van der Waals surface area contributed by atoms with Crippen molar-refractivity contribution in [3.63, 3.8) is 0 Å². The van der Waals surface area contributed by atoms with Crippen molar-refractivity contribution in [1.82, 2.24) is 4.90 Å². The van der Waals surface area contributed by atoms with Gasteiger partial charge >= 0.3 is 0 Å². The average Bonchev–Trinajstić information content (AvgIpc) is 2.30. The highest BCUT2D eigenvalue weighted by atomic mass is 16.5. The molecule has 1 heterocycles. The number of phenolic OH excluding ortho intramolecular Hbond substituents is 1. The van der Waals surface area contributed by atoms with Gasteiger partial charge in [0.25, 0.3) is 0 Å². The number of methoxy groups -OCH3 is 1. The summed E-state index contributed by atoms with van der Waals surface area (Å²) >= 11 is 0. The molecule has 4 heteroatoms. The average molecular weight is 251 g/mol. The van der Waals surface area contributed by atoms with Crippen LogP contribution in [-0.2, 0) is 11.3 Å². The van der Waals surface area contributed by atoms with Crippen LogP contribution in [0, 0.1) is 0 Å². The number of hydrogen-bond acceptors (Lipinski definition) is 4. The summed E-state index contributed by atoms with van der Waals surface area (Å²) in [4.78, 5) is 2.30. The molecular weight excluding hydrogens is 230 g/mol. The minimum absolute atomic E-state index is 0.238. The fourth-order valence-corrected chi connectivity index (χ4v) is 2.47. The Balaban J connectivity index is 2.08. The predicted octanol–water partition coefficient (Wildman–Crippen LogP) is 2.01. The molecule has 0 saturated carbocycles. The quantitative estimate of drug-likeness (QED) is 0.892. The maximum absolute atomic E-state index is 9.88. The van der Waals surface area contributed by atoms with Gasteiger partial charge in [0.15, 0.2) is 0 Å². The number of phenols is 1. The fraction of sp³-hybridized carbons (Fsp3) is 0.571. The number of benzene rings is 1. The minimum atomic E-state index is 0.238. The van der Waals surface area contributed by atoms with Crippen molar-refractivity contribution in [1.29, 1.82) is 0 Å². The molecule has 0 aliphatic carbocycles. The molecule has 1 aliphatic rings. The number of rotatable bonds is 3. The van der Waals surface area contributed by atoms with E-state index in [9.17, 15) is 5.11 Å². The SMILES string of the molecule is COc1ccc(O)c(CN2CC(C)OC(C)C2)c1. The second kappa shape index (κ2) is 5.59. The van der Waals surface area contributed by atoms with Crippen LogP contribution < -0.4 is 4.74 Å². The summed E-state index contributed by atoms with van der Waals surface area (Å²) in [6, 6.07) is 5.34. The first-order valence-corrected chi connectivity index (χ1v) is 6.32. The number of nitrogens with zero attached hydrogens (tertiary/aromatic N) is 1. The molecule has 4 nitrogen and oxygen atoms in total. The third-order valence-corrected chi connectivity index (χ3v) is 3.18. The van der Waals surface area contributed by atoms with E-state index in [0.717, 1.165) is 30.9 Å². The Bertz CT molecular complexity index is 398. The van der Waals surface area contributed by atoms with Crippen LogP contribution in [0.3, 0.4) is 0 Å². The standard InChI is InChI=1S/C14H21NO3/c1-10-7-15(8-11(2)18-10)9-12-6-13(17-3)4-5-14(12)16/h4-6,10-11,16H,7-9H2,1-3H3. The molecule has 2 atom stereocenters. The number of hydrogen-bond donors (Lipinski definition) is 1. The molecule has 1 N–H and O–H groups in total. The highest BCUT2D eigenvalue weighted by molar-refractivity contribution is 5.39. The lowest BCUT2D eigenvalue weighted by Crippen LogP contribution is -2.44. The largest absolute Gasteiger partial charge is 0.508 e. The molecule has 1 aromatic carbocycles. The zero-order valence-corrected chi connectivity index (χ0v) is 11.2. The summed E-state index contributed by atoms with van der Waals surface area (Å²) in [6.45, 7) is 6.66. The van der Waals surface area contributed by atoms with Gasteiger partial charge in [-0.15, -0.1) is 0 Å². The van der Waals surface area contributed by atoms with E-state index in [2.05, 4.69) is 18.7 Å². The monoisotopic (exact) mass is 251 g/mol. The van der Waals surface area contributed by atoms with Crippen molar-refractivity contribution < 1.29 is 14.6 Å². The van der Waals surface area contributed by atoms with Crippen LogP contribution in [-0.4, -0.2) is 42.4 Å². The lowest BCUT2D eigenvalue weighted by atomic mass is 10.1. The maximum atomic E-state index is 9.88. The number of morpholine rings is 1. The molecule has 0 spiro atoms. The lowest BCUT2D eigenvalue weighted by Gasteiger charge is -2.35. The first kappa shape index (κ1) is 13.2. The van der Waals surface area contributed by atoms with Crippen LogP contribution >= 0.6 is 0 Å². The molecule has 1 saturated heterocycles. The van der Waals surface area contributed by atoms with Crippen LogP contribution in [0.2, 0.25) is 0 Å². The molecule has 100 valence electrons. The predicted molar refractivity (Wildman–Crippen MR) is 69.9 cm³/mol. The normalized spacial score (nSPS) is 25.1. The molecule has 1 fully saturated rings. The van der Waals surface area contributed by atoms with Gasteiger partial charge in [0, 0.05) is 25.2 Å². The van der Waals surface area contributed by atoms with E-state index in [-0.39, 0.29) is 12.2 Å². The van der Waals surface area contributed by atoms with Crippen molar-refractivity contribution in [3.8, 4) is 11.5 Å². The molecular formula is C14H21NO3. The van der Waals surface area contributed by atoms with Gasteiger partial charge in [-0.2, -0.15) is 0 Å². The van der Waals surface area contributed by atoms with Gasteiger partial charge in [-0.3, -0.25) is 4.90 Å².